The van der Waals surface area contributed by atoms with E-state index >= 15 is 0 Å². The van der Waals surface area contributed by atoms with Crippen LogP contribution in [0.2, 0.25) is 0 Å². The molecule has 1 fully saturated rings. The molecule has 0 spiro atoms. The highest BCUT2D eigenvalue weighted by molar-refractivity contribution is 7.11. The van der Waals surface area contributed by atoms with Gasteiger partial charge in [0.2, 0.25) is 0 Å². The molecule has 4 heteroatoms. The first-order valence-corrected chi connectivity index (χ1v) is 8.49. The Morgan fingerprint density at radius 3 is 2.79 bits per heavy atom. The molecule has 2 aliphatic rings. The lowest BCUT2D eigenvalue weighted by molar-refractivity contribution is 0.148. The van der Waals surface area contributed by atoms with E-state index in [0.717, 1.165) is 32.5 Å². The van der Waals surface area contributed by atoms with Crippen molar-refractivity contribution < 1.29 is 0 Å². The molecule has 1 aromatic heterocycles. The molecular weight excluding hydrogens is 254 g/mol. The minimum Gasteiger partial charge on any atom is -0.325 e. The number of likely N-dealkylation sites (tertiary alicyclic amines) is 1. The molecule has 106 valence electrons. The Labute approximate surface area is 120 Å². The quantitative estimate of drug-likeness (QED) is 0.921. The largest absolute Gasteiger partial charge is 0.325 e. The van der Waals surface area contributed by atoms with Gasteiger partial charge in [0.25, 0.3) is 0 Å². The van der Waals surface area contributed by atoms with Crippen LogP contribution in [0.4, 0.5) is 0 Å². The van der Waals surface area contributed by atoms with Crippen molar-refractivity contribution in [3.8, 4) is 0 Å². The lowest BCUT2D eigenvalue weighted by atomic mass is 9.84. The van der Waals surface area contributed by atoms with Gasteiger partial charge in [0.1, 0.15) is 5.01 Å². The molecule has 0 atom stereocenters. The maximum atomic E-state index is 6.44. The van der Waals surface area contributed by atoms with E-state index in [1.54, 1.807) is 4.88 Å². The summed E-state index contributed by atoms with van der Waals surface area (Å²) in [4.78, 5) is 8.89. The van der Waals surface area contributed by atoms with Crippen LogP contribution in [0.1, 0.15) is 54.6 Å². The average molecular weight is 279 g/mol. The second-order valence-corrected chi connectivity index (χ2v) is 7.39. The number of piperidine rings is 1. The summed E-state index contributed by atoms with van der Waals surface area (Å²) < 4.78 is 0. The predicted octanol–water partition coefficient (Wildman–Crippen LogP) is 2.73. The SMILES string of the molecule is CCCC1(N)CCN(Cc2nc3c(s2)CCC3)CC1. The van der Waals surface area contributed by atoms with Gasteiger partial charge in [-0.05, 0) is 38.5 Å². The Balaban J connectivity index is 1.54. The third kappa shape index (κ3) is 3.01. The van der Waals surface area contributed by atoms with E-state index in [4.69, 9.17) is 10.7 Å². The van der Waals surface area contributed by atoms with E-state index in [-0.39, 0.29) is 5.54 Å². The predicted molar refractivity (Wildman–Crippen MR) is 80.5 cm³/mol. The summed E-state index contributed by atoms with van der Waals surface area (Å²) in [5, 5.41) is 1.32. The molecule has 0 radical (unpaired) electrons. The minimum absolute atomic E-state index is 0.107. The number of fused-ring (bicyclic) bond motifs is 1. The normalized spacial score (nSPS) is 22.6. The maximum absolute atomic E-state index is 6.44. The van der Waals surface area contributed by atoms with E-state index in [0.29, 0.717) is 0 Å². The number of aromatic nitrogens is 1. The molecule has 0 bridgehead atoms. The fourth-order valence-electron chi connectivity index (χ4n) is 3.41. The summed E-state index contributed by atoms with van der Waals surface area (Å²) in [5.41, 5.74) is 7.94. The fourth-order valence-corrected chi connectivity index (χ4v) is 4.61. The van der Waals surface area contributed by atoms with Crippen molar-refractivity contribution in [3.05, 3.63) is 15.6 Å². The Hall–Kier alpha value is -0.450. The maximum Gasteiger partial charge on any atom is 0.107 e. The molecule has 1 aromatic rings. The van der Waals surface area contributed by atoms with E-state index in [1.165, 1.54) is 42.8 Å². The molecule has 0 amide bonds. The molecule has 1 saturated heterocycles. The molecular formula is C15H25N3S. The van der Waals surface area contributed by atoms with Crippen molar-refractivity contribution in [2.75, 3.05) is 13.1 Å². The van der Waals surface area contributed by atoms with Gasteiger partial charge in [-0.15, -0.1) is 11.3 Å². The summed E-state index contributed by atoms with van der Waals surface area (Å²) in [6.45, 7) is 5.56. The van der Waals surface area contributed by atoms with E-state index in [1.807, 2.05) is 11.3 Å². The topological polar surface area (TPSA) is 42.1 Å². The van der Waals surface area contributed by atoms with Crippen molar-refractivity contribution in [3.63, 3.8) is 0 Å². The van der Waals surface area contributed by atoms with Crippen LogP contribution in [-0.4, -0.2) is 28.5 Å². The highest BCUT2D eigenvalue weighted by Crippen LogP contribution is 2.30. The lowest BCUT2D eigenvalue weighted by Crippen LogP contribution is -2.49. The molecule has 1 aliphatic carbocycles. The second kappa shape index (κ2) is 5.51. The van der Waals surface area contributed by atoms with Crippen LogP contribution in [0.25, 0.3) is 0 Å². The van der Waals surface area contributed by atoms with Crippen molar-refractivity contribution in [1.29, 1.82) is 0 Å². The Kier molecular flexibility index (Phi) is 3.92. The zero-order chi connectivity index (χ0) is 13.3. The number of nitrogens with zero attached hydrogens (tertiary/aromatic N) is 2. The minimum atomic E-state index is 0.107. The highest BCUT2D eigenvalue weighted by Gasteiger charge is 2.30. The smallest absolute Gasteiger partial charge is 0.107 e. The molecule has 0 aromatic carbocycles. The number of rotatable bonds is 4. The summed E-state index contributed by atoms with van der Waals surface area (Å²) in [6.07, 6.45) is 8.44. The molecule has 19 heavy (non-hydrogen) atoms. The number of aryl methyl sites for hydroxylation is 2. The Morgan fingerprint density at radius 2 is 2.11 bits per heavy atom. The zero-order valence-electron chi connectivity index (χ0n) is 12.0. The highest BCUT2D eigenvalue weighted by atomic mass is 32.1. The standard InChI is InChI=1S/C15H25N3S/c1-2-6-15(16)7-9-18(10-8-15)11-14-17-12-4-3-5-13(12)19-14/h2-11,16H2,1H3. The Morgan fingerprint density at radius 1 is 1.32 bits per heavy atom. The average Bonchev–Trinajstić information content (AvgIpc) is 2.93. The van der Waals surface area contributed by atoms with Crippen molar-refractivity contribution >= 4 is 11.3 Å². The third-order valence-electron chi connectivity index (χ3n) is 4.60. The van der Waals surface area contributed by atoms with Gasteiger partial charge in [0.15, 0.2) is 0 Å². The van der Waals surface area contributed by atoms with Crippen LogP contribution in [0, 0.1) is 0 Å². The van der Waals surface area contributed by atoms with Crippen LogP contribution in [-0.2, 0) is 19.4 Å². The van der Waals surface area contributed by atoms with Crippen LogP contribution in [0.15, 0.2) is 0 Å². The Bertz CT molecular complexity index is 411. The molecule has 0 saturated carbocycles. The van der Waals surface area contributed by atoms with Gasteiger partial charge in [-0.3, -0.25) is 4.90 Å². The van der Waals surface area contributed by atoms with Crippen molar-refractivity contribution in [2.24, 2.45) is 5.73 Å². The summed E-state index contributed by atoms with van der Waals surface area (Å²) in [5.74, 6) is 0. The summed E-state index contributed by atoms with van der Waals surface area (Å²) in [6, 6.07) is 0. The van der Waals surface area contributed by atoms with Gasteiger partial charge < -0.3 is 5.73 Å². The van der Waals surface area contributed by atoms with Gasteiger partial charge in [-0.2, -0.15) is 0 Å². The monoisotopic (exact) mass is 279 g/mol. The number of thiazole rings is 1. The van der Waals surface area contributed by atoms with Gasteiger partial charge in [-0.25, -0.2) is 4.98 Å². The summed E-state index contributed by atoms with van der Waals surface area (Å²) in [7, 11) is 0. The molecule has 2 N–H and O–H groups in total. The third-order valence-corrected chi connectivity index (χ3v) is 5.74. The first-order chi connectivity index (χ1) is 9.18. The lowest BCUT2D eigenvalue weighted by Gasteiger charge is -2.39. The van der Waals surface area contributed by atoms with Crippen LogP contribution < -0.4 is 5.73 Å². The number of hydrogen-bond donors (Lipinski definition) is 1. The summed E-state index contributed by atoms with van der Waals surface area (Å²) >= 11 is 1.94. The van der Waals surface area contributed by atoms with E-state index in [2.05, 4.69) is 11.8 Å². The van der Waals surface area contributed by atoms with Crippen LogP contribution in [0.3, 0.4) is 0 Å². The number of hydrogen-bond acceptors (Lipinski definition) is 4. The molecule has 1 aliphatic heterocycles. The molecule has 2 heterocycles. The van der Waals surface area contributed by atoms with Gasteiger partial charge in [0, 0.05) is 23.5 Å². The molecule has 0 unspecified atom stereocenters. The van der Waals surface area contributed by atoms with Gasteiger partial charge >= 0.3 is 0 Å². The first kappa shape index (κ1) is 13.5. The zero-order valence-corrected chi connectivity index (χ0v) is 12.8. The van der Waals surface area contributed by atoms with Gasteiger partial charge in [-0.1, -0.05) is 13.3 Å². The first-order valence-electron chi connectivity index (χ1n) is 7.67. The fraction of sp³-hybridized carbons (Fsp3) is 0.800. The van der Waals surface area contributed by atoms with Crippen LogP contribution >= 0.6 is 11.3 Å². The van der Waals surface area contributed by atoms with Crippen LogP contribution in [0.5, 0.6) is 0 Å². The number of nitrogens with two attached hydrogens (primary N) is 1. The van der Waals surface area contributed by atoms with Crippen molar-refractivity contribution in [1.82, 2.24) is 9.88 Å². The van der Waals surface area contributed by atoms with E-state index in [9.17, 15) is 0 Å². The second-order valence-electron chi connectivity index (χ2n) is 6.22. The molecule has 3 nitrogen and oxygen atoms in total. The van der Waals surface area contributed by atoms with Crippen molar-refractivity contribution in [2.45, 2.75) is 64.0 Å². The van der Waals surface area contributed by atoms with Gasteiger partial charge in [0.05, 0.1) is 12.2 Å². The molecule has 3 rings (SSSR count). The van der Waals surface area contributed by atoms with E-state index < -0.39 is 0 Å².